The van der Waals surface area contributed by atoms with Crippen molar-refractivity contribution < 1.29 is 4.79 Å². The second kappa shape index (κ2) is 5.17. The molecular formula is C11H17ClN2OS. The Labute approximate surface area is 105 Å². The van der Waals surface area contributed by atoms with E-state index in [4.69, 9.17) is 17.3 Å². The summed E-state index contributed by atoms with van der Waals surface area (Å²) in [6.07, 6.45) is 0.676. The second-order valence-corrected chi connectivity index (χ2v) is 6.06. The van der Waals surface area contributed by atoms with E-state index >= 15 is 0 Å². The topological polar surface area (TPSA) is 46.3 Å². The predicted molar refractivity (Wildman–Crippen MR) is 70.2 cm³/mol. The van der Waals surface area contributed by atoms with Crippen molar-refractivity contribution in [2.24, 2.45) is 11.1 Å². The van der Waals surface area contributed by atoms with E-state index in [1.807, 2.05) is 19.9 Å². The van der Waals surface area contributed by atoms with Crippen molar-refractivity contribution in [3.8, 4) is 0 Å². The van der Waals surface area contributed by atoms with Crippen LogP contribution in [0.5, 0.6) is 0 Å². The molecule has 0 aliphatic heterocycles. The second-order valence-electron chi connectivity index (χ2n) is 4.36. The average molecular weight is 261 g/mol. The molecular weight excluding hydrogens is 244 g/mol. The first-order chi connectivity index (χ1) is 7.38. The summed E-state index contributed by atoms with van der Waals surface area (Å²) < 4.78 is 0.686. The molecule has 2 N–H and O–H groups in total. The molecule has 0 fully saturated rings. The molecule has 3 nitrogen and oxygen atoms in total. The van der Waals surface area contributed by atoms with Gasteiger partial charge in [-0.1, -0.05) is 25.4 Å². The molecule has 0 aromatic carbocycles. The van der Waals surface area contributed by atoms with Crippen LogP contribution in [0.3, 0.4) is 0 Å². The maximum atomic E-state index is 12.2. The molecule has 1 heterocycles. The SMILES string of the molecule is CN(C(=O)C(C)(C)CCN)c1ccc(Cl)s1. The molecule has 16 heavy (non-hydrogen) atoms. The summed E-state index contributed by atoms with van der Waals surface area (Å²) >= 11 is 7.24. The summed E-state index contributed by atoms with van der Waals surface area (Å²) in [7, 11) is 1.77. The van der Waals surface area contributed by atoms with Crippen LogP contribution in [0.4, 0.5) is 5.00 Å². The fourth-order valence-corrected chi connectivity index (χ4v) is 2.50. The van der Waals surface area contributed by atoms with E-state index in [0.29, 0.717) is 17.3 Å². The molecule has 0 spiro atoms. The highest BCUT2D eigenvalue weighted by Gasteiger charge is 2.30. The molecule has 1 amide bonds. The Hall–Kier alpha value is -0.580. The van der Waals surface area contributed by atoms with E-state index in [0.717, 1.165) is 5.00 Å². The highest BCUT2D eigenvalue weighted by Crippen LogP contribution is 2.32. The number of rotatable bonds is 4. The number of nitrogens with zero attached hydrogens (tertiary/aromatic N) is 1. The summed E-state index contributed by atoms with van der Waals surface area (Å²) in [5, 5.41) is 0.861. The molecule has 0 aliphatic carbocycles. The zero-order chi connectivity index (χ0) is 12.3. The Bertz CT molecular complexity index is 376. The van der Waals surface area contributed by atoms with Gasteiger partial charge in [-0.15, -0.1) is 11.3 Å². The number of hydrogen-bond donors (Lipinski definition) is 1. The summed E-state index contributed by atoms with van der Waals surface area (Å²) in [6.45, 7) is 4.33. The number of halogens is 1. The number of anilines is 1. The van der Waals surface area contributed by atoms with Gasteiger partial charge in [-0.3, -0.25) is 4.79 Å². The molecule has 0 saturated heterocycles. The van der Waals surface area contributed by atoms with Crippen molar-refractivity contribution in [1.29, 1.82) is 0 Å². The summed E-state index contributed by atoms with van der Waals surface area (Å²) in [5.41, 5.74) is 5.08. The van der Waals surface area contributed by atoms with Crippen LogP contribution in [0.1, 0.15) is 20.3 Å². The molecule has 1 aromatic rings. The van der Waals surface area contributed by atoms with E-state index in [-0.39, 0.29) is 5.91 Å². The maximum absolute atomic E-state index is 12.2. The molecule has 0 unspecified atom stereocenters. The number of carbonyl (C=O) groups is 1. The fraction of sp³-hybridized carbons (Fsp3) is 0.545. The number of amides is 1. The lowest BCUT2D eigenvalue weighted by molar-refractivity contribution is -0.126. The lowest BCUT2D eigenvalue weighted by Crippen LogP contribution is -2.39. The predicted octanol–water partition coefficient (Wildman–Crippen LogP) is 2.74. The maximum Gasteiger partial charge on any atom is 0.233 e. The van der Waals surface area contributed by atoms with Gasteiger partial charge in [0.1, 0.15) is 0 Å². The highest BCUT2D eigenvalue weighted by molar-refractivity contribution is 7.20. The van der Waals surface area contributed by atoms with Gasteiger partial charge in [0.15, 0.2) is 0 Å². The van der Waals surface area contributed by atoms with Crippen LogP contribution in [-0.2, 0) is 4.79 Å². The zero-order valence-electron chi connectivity index (χ0n) is 9.79. The van der Waals surface area contributed by atoms with Crippen molar-refractivity contribution in [1.82, 2.24) is 0 Å². The van der Waals surface area contributed by atoms with Crippen LogP contribution in [0.15, 0.2) is 12.1 Å². The van der Waals surface area contributed by atoms with Crippen molar-refractivity contribution in [2.45, 2.75) is 20.3 Å². The van der Waals surface area contributed by atoms with E-state index in [1.54, 1.807) is 18.0 Å². The average Bonchev–Trinajstić information content (AvgIpc) is 2.62. The number of hydrogen-bond acceptors (Lipinski definition) is 3. The minimum atomic E-state index is -0.431. The standard InChI is InChI=1S/C11H17ClN2OS/c1-11(2,6-7-13)10(15)14(3)9-5-4-8(12)16-9/h4-5H,6-7,13H2,1-3H3. The minimum absolute atomic E-state index is 0.0662. The third-order valence-electron chi connectivity index (χ3n) is 2.54. The van der Waals surface area contributed by atoms with Gasteiger partial charge in [-0.2, -0.15) is 0 Å². The molecule has 0 atom stereocenters. The first kappa shape index (κ1) is 13.5. The Kier molecular flexibility index (Phi) is 4.35. The van der Waals surface area contributed by atoms with E-state index < -0.39 is 5.41 Å². The molecule has 0 saturated carbocycles. The smallest absolute Gasteiger partial charge is 0.233 e. The molecule has 1 aromatic heterocycles. The van der Waals surface area contributed by atoms with Gasteiger partial charge in [0.25, 0.3) is 0 Å². The van der Waals surface area contributed by atoms with Crippen molar-refractivity contribution in [3.63, 3.8) is 0 Å². The van der Waals surface area contributed by atoms with Crippen molar-refractivity contribution in [3.05, 3.63) is 16.5 Å². The summed E-state index contributed by atoms with van der Waals surface area (Å²) in [5.74, 6) is 0.0662. The lowest BCUT2D eigenvalue weighted by Gasteiger charge is -2.28. The van der Waals surface area contributed by atoms with Crippen LogP contribution in [0.25, 0.3) is 0 Å². The van der Waals surface area contributed by atoms with Gasteiger partial charge in [0.2, 0.25) is 5.91 Å². The summed E-state index contributed by atoms with van der Waals surface area (Å²) in [4.78, 5) is 13.8. The van der Waals surface area contributed by atoms with Crippen molar-refractivity contribution in [2.75, 3.05) is 18.5 Å². The Morgan fingerprint density at radius 2 is 2.19 bits per heavy atom. The number of thiophene rings is 1. The van der Waals surface area contributed by atoms with Gasteiger partial charge in [0, 0.05) is 12.5 Å². The van der Waals surface area contributed by atoms with E-state index in [2.05, 4.69) is 0 Å². The van der Waals surface area contributed by atoms with Crippen LogP contribution < -0.4 is 10.6 Å². The Morgan fingerprint density at radius 3 is 2.62 bits per heavy atom. The Balaban J connectivity index is 2.82. The molecule has 0 radical (unpaired) electrons. The molecule has 0 bridgehead atoms. The third kappa shape index (κ3) is 2.97. The number of carbonyl (C=O) groups excluding carboxylic acids is 1. The van der Waals surface area contributed by atoms with Crippen molar-refractivity contribution >= 4 is 33.8 Å². The van der Waals surface area contributed by atoms with Crippen LogP contribution >= 0.6 is 22.9 Å². The van der Waals surface area contributed by atoms with Gasteiger partial charge in [-0.05, 0) is 25.1 Å². The lowest BCUT2D eigenvalue weighted by atomic mass is 9.88. The first-order valence-electron chi connectivity index (χ1n) is 5.12. The van der Waals surface area contributed by atoms with E-state index in [9.17, 15) is 4.79 Å². The quantitative estimate of drug-likeness (QED) is 0.905. The van der Waals surface area contributed by atoms with Crippen LogP contribution in [-0.4, -0.2) is 19.5 Å². The third-order valence-corrected chi connectivity index (χ3v) is 3.85. The fourth-order valence-electron chi connectivity index (χ4n) is 1.51. The summed E-state index contributed by atoms with van der Waals surface area (Å²) in [6, 6.07) is 3.64. The minimum Gasteiger partial charge on any atom is -0.330 e. The first-order valence-corrected chi connectivity index (χ1v) is 6.31. The normalized spacial score (nSPS) is 11.6. The van der Waals surface area contributed by atoms with Gasteiger partial charge >= 0.3 is 0 Å². The van der Waals surface area contributed by atoms with E-state index in [1.165, 1.54) is 11.3 Å². The highest BCUT2D eigenvalue weighted by atomic mass is 35.5. The molecule has 90 valence electrons. The molecule has 0 aliphatic rings. The molecule has 1 rings (SSSR count). The largest absolute Gasteiger partial charge is 0.330 e. The van der Waals surface area contributed by atoms with Crippen LogP contribution in [0.2, 0.25) is 4.34 Å². The molecule has 5 heteroatoms. The van der Waals surface area contributed by atoms with Gasteiger partial charge in [0.05, 0.1) is 9.34 Å². The van der Waals surface area contributed by atoms with Gasteiger partial charge in [-0.25, -0.2) is 0 Å². The number of nitrogens with two attached hydrogens (primary N) is 1. The van der Waals surface area contributed by atoms with Crippen LogP contribution in [0, 0.1) is 5.41 Å². The van der Waals surface area contributed by atoms with Gasteiger partial charge < -0.3 is 10.6 Å². The zero-order valence-corrected chi connectivity index (χ0v) is 11.4. The monoisotopic (exact) mass is 260 g/mol. The Morgan fingerprint density at radius 1 is 1.56 bits per heavy atom.